The second kappa shape index (κ2) is 6.85. The highest BCUT2D eigenvalue weighted by Crippen LogP contribution is 2.26. The zero-order valence-electron chi connectivity index (χ0n) is 15.3. The number of sulfone groups is 1. The average Bonchev–Trinajstić information content (AvgIpc) is 3.03. The standard InChI is InChI=1S/C16H27N5O2S2/c1-16(2,3)13-11-21-15(18-13)24-14(19-21)17-12-5-7-20(8-6-12)9-10-25(4,22)23/h11-12H,5-10H2,1-4H3,(H,17,19). The van der Waals surface area contributed by atoms with Crippen LogP contribution in [-0.2, 0) is 15.3 Å². The molecule has 0 atom stereocenters. The van der Waals surface area contributed by atoms with E-state index in [-0.39, 0.29) is 11.2 Å². The van der Waals surface area contributed by atoms with Crippen molar-refractivity contribution in [2.24, 2.45) is 0 Å². The van der Waals surface area contributed by atoms with Gasteiger partial charge in [0.2, 0.25) is 10.1 Å². The highest BCUT2D eigenvalue weighted by Gasteiger charge is 2.22. The molecule has 0 saturated carbocycles. The molecule has 1 fully saturated rings. The second-order valence-electron chi connectivity index (χ2n) is 7.90. The van der Waals surface area contributed by atoms with Gasteiger partial charge in [-0.1, -0.05) is 32.1 Å². The molecule has 2 aromatic rings. The van der Waals surface area contributed by atoms with E-state index in [2.05, 4.69) is 41.1 Å². The van der Waals surface area contributed by atoms with E-state index in [9.17, 15) is 8.42 Å². The maximum Gasteiger partial charge on any atom is 0.214 e. The Kier molecular flexibility index (Phi) is 5.09. The number of fused-ring (bicyclic) bond motifs is 1. The molecule has 25 heavy (non-hydrogen) atoms. The minimum Gasteiger partial charge on any atom is -0.357 e. The Morgan fingerprint density at radius 2 is 2.00 bits per heavy atom. The lowest BCUT2D eigenvalue weighted by Crippen LogP contribution is -2.41. The summed E-state index contributed by atoms with van der Waals surface area (Å²) >= 11 is 1.58. The van der Waals surface area contributed by atoms with Crippen LogP contribution in [0.15, 0.2) is 6.20 Å². The van der Waals surface area contributed by atoms with Gasteiger partial charge in [-0.2, -0.15) is 0 Å². The van der Waals surface area contributed by atoms with Crippen molar-refractivity contribution in [3.63, 3.8) is 0 Å². The van der Waals surface area contributed by atoms with Gasteiger partial charge < -0.3 is 10.2 Å². The highest BCUT2D eigenvalue weighted by atomic mass is 32.2. The quantitative estimate of drug-likeness (QED) is 0.848. The van der Waals surface area contributed by atoms with Gasteiger partial charge in [-0.15, -0.1) is 5.10 Å². The molecule has 0 aliphatic carbocycles. The minimum absolute atomic E-state index is 0.0276. The number of likely N-dealkylation sites (tertiary alicyclic amines) is 1. The monoisotopic (exact) mass is 385 g/mol. The van der Waals surface area contributed by atoms with Crippen LogP contribution < -0.4 is 5.32 Å². The lowest BCUT2D eigenvalue weighted by Gasteiger charge is -2.31. The summed E-state index contributed by atoms with van der Waals surface area (Å²) in [5.41, 5.74) is 1.08. The van der Waals surface area contributed by atoms with Gasteiger partial charge in [0.15, 0.2) is 0 Å². The number of anilines is 1. The number of aromatic nitrogens is 3. The Morgan fingerprint density at radius 3 is 2.56 bits per heavy atom. The van der Waals surface area contributed by atoms with Gasteiger partial charge in [0.05, 0.1) is 17.6 Å². The van der Waals surface area contributed by atoms with Crippen molar-refractivity contribution in [1.82, 2.24) is 19.5 Å². The van der Waals surface area contributed by atoms with Crippen LogP contribution in [0.4, 0.5) is 5.13 Å². The molecular weight excluding hydrogens is 358 g/mol. The van der Waals surface area contributed by atoms with E-state index in [4.69, 9.17) is 0 Å². The molecule has 7 nitrogen and oxygen atoms in total. The molecule has 0 bridgehead atoms. The van der Waals surface area contributed by atoms with E-state index in [1.54, 1.807) is 11.3 Å². The van der Waals surface area contributed by atoms with Gasteiger partial charge in [-0.3, -0.25) is 0 Å². The number of imidazole rings is 1. The fraction of sp³-hybridized carbons (Fsp3) is 0.750. The molecule has 0 unspecified atom stereocenters. The smallest absolute Gasteiger partial charge is 0.214 e. The van der Waals surface area contributed by atoms with E-state index in [1.807, 2.05) is 10.7 Å². The number of nitrogens with zero attached hydrogens (tertiary/aromatic N) is 4. The summed E-state index contributed by atoms with van der Waals surface area (Å²) in [5, 5.41) is 9.01. The van der Waals surface area contributed by atoms with E-state index < -0.39 is 9.84 Å². The zero-order valence-corrected chi connectivity index (χ0v) is 17.0. The van der Waals surface area contributed by atoms with E-state index in [0.29, 0.717) is 12.6 Å². The van der Waals surface area contributed by atoms with Crippen molar-refractivity contribution < 1.29 is 8.42 Å². The average molecular weight is 386 g/mol. The van der Waals surface area contributed by atoms with Gasteiger partial charge in [0.25, 0.3) is 0 Å². The third-order valence-corrected chi connectivity index (χ3v) is 6.28. The third-order valence-electron chi connectivity index (χ3n) is 4.51. The van der Waals surface area contributed by atoms with E-state index in [0.717, 1.165) is 41.7 Å². The van der Waals surface area contributed by atoms with Crippen molar-refractivity contribution in [1.29, 1.82) is 0 Å². The molecule has 0 spiro atoms. The molecule has 3 rings (SSSR count). The number of hydrogen-bond acceptors (Lipinski definition) is 7. The van der Waals surface area contributed by atoms with Crippen LogP contribution in [0, 0.1) is 0 Å². The Balaban J connectivity index is 1.54. The summed E-state index contributed by atoms with van der Waals surface area (Å²) in [4.78, 5) is 7.81. The molecule has 0 aromatic carbocycles. The second-order valence-corrected chi connectivity index (χ2v) is 11.1. The molecule has 0 amide bonds. The van der Waals surface area contributed by atoms with Crippen LogP contribution in [0.5, 0.6) is 0 Å². The lowest BCUT2D eigenvalue weighted by atomic mass is 9.93. The fourth-order valence-electron chi connectivity index (χ4n) is 2.89. The fourth-order valence-corrected chi connectivity index (χ4v) is 4.34. The molecule has 140 valence electrons. The van der Waals surface area contributed by atoms with Crippen molar-refractivity contribution in [3.8, 4) is 0 Å². The van der Waals surface area contributed by atoms with E-state index in [1.165, 1.54) is 6.26 Å². The minimum atomic E-state index is -2.88. The largest absolute Gasteiger partial charge is 0.357 e. The first-order valence-electron chi connectivity index (χ1n) is 8.63. The Bertz CT molecular complexity index is 795. The Morgan fingerprint density at radius 1 is 1.32 bits per heavy atom. The van der Waals surface area contributed by atoms with Crippen LogP contribution >= 0.6 is 11.3 Å². The summed E-state index contributed by atoms with van der Waals surface area (Å²) in [5.74, 6) is 0.241. The summed E-state index contributed by atoms with van der Waals surface area (Å²) in [7, 11) is -2.88. The maximum absolute atomic E-state index is 11.3. The summed E-state index contributed by atoms with van der Waals surface area (Å²) in [6, 6.07) is 0.382. The number of piperidine rings is 1. The molecule has 3 heterocycles. The van der Waals surface area contributed by atoms with Crippen molar-refractivity contribution in [2.75, 3.05) is 37.0 Å². The molecule has 1 aliphatic heterocycles. The van der Waals surface area contributed by atoms with Crippen LogP contribution in [0.3, 0.4) is 0 Å². The summed E-state index contributed by atoms with van der Waals surface area (Å²) < 4.78 is 24.4. The Hall–Kier alpha value is -1.19. The summed E-state index contributed by atoms with van der Waals surface area (Å²) in [6.07, 6.45) is 5.30. The third kappa shape index (κ3) is 4.92. The van der Waals surface area contributed by atoms with Crippen molar-refractivity contribution in [3.05, 3.63) is 11.9 Å². The maximum atomic E-state index is 11.3. The van der Waals surface area contributed by atoms with E-state index >= 15 is 0 Å². The topological polar surface area (TPSA) is 79.6 Å². The highest BCUT2D eigenvalue weighted by molar-refractivity contribution is 7.90. The summed E-state index contributed by atoms with van der Waals surface area (Å²) in [6.45, 7) is 8.92. The number of hydrogen-bond donors (Lipinski definition) is 1. The van der Waals surface area contributed by atoms with Gasteiger partial charge in [0.1, 0.15) is 9.84 Å². The van der Waals surface area contributed by atoms with Crippen LogP contribution in [-0.4, -0.2) is 65.6 Å². The van der Waals surface area contributed by atoms with Gasteiger partial charge in [-0.25, -0.2) is 17.9 Å². The van der Waals surface area contributed by atoms with Gasteiger partial charge in [0, 0.05) is 37.3 Å². The Labute approximate surface area is 153 Å². The molecule has 1 aliphatic rings. The first-order valence-corrected chi connectivity index (χ1v) is 11.5. The van der Waals surface area contributed by atoms with Crippen LogP contribution in [0.1, 0.15) is 39.3 Å². The van der Waals surface area contributed by atoms with Crippen molar-refractivity contribution in [2.45, 2.75) is 45.1 Å². The predicted octanol–water partition coefficient (Wildman–Crippen LogP) is 2.01. The first-order chi connectivity index (χ1) is 11.6. The lowest BCUT2D eigenvalue weighted by molar-refractivity contribution is 0.230. The van der Waals surface area contributed by atoms with Crippen molar-refractivity contribution >= 4 is 31.3 Å². The normalized spacial score (nSPS) is 18.1. The first kappa shape index (κ1) is 18.6. The predicted molar refractivity (Wildman–Crippen MR) is 102 cm³/mol. The number of nitrogens with one attached hydrogen (secondary N) is 1. The molecule has 2 aromatic heterocycles. The zero-order chi connectivity index (χ0) is 18.2. The molecule has 1 saturated heterocycles. The van der Waals surface area contributed by atoms with Crippen LogP contribution in [0.25, 0.3) is 4.96 Å². The number of rotatable bonds is 5. The van der Waals surface area contributed by atoms with Gasteiger partial charge in [-0.05, 0) is 12.8 Å². The van der Waals surface area contributed by atoms with Crippen LogP contribution in [0.2, 0.25) is 0 Å². The molecule has 0 radical (unpaired) electrons. The molecule has 1 N–H and O–H groups in total. The van der Waals surface area contributed by atoms with Gasteiger partial charge >= 0.3 is 0 Å². The SMILES string of the molecule is CC(C)(C)c1cn2nc(NC3CCN(CCS(C)(=O)=O)CC3)sc2n1. The molecule has 9 heteroatoms. The molecular formula is C16H27N5O2S2.